The SMILES string of the molecule is CCCCC(CC)n1c(=O)c2cc3c(=O)n(CC[N+](CC)=C4C=CC(C5C(=O)C(c6c(C)[nH]n(CCCC)c6=O)=C5O)CC4)c(=O)c3cc2c1=O. The van der Waals surface area contributed by atoms with Gasteiger partial charge in [0.1, 0.15) is 12.3 Å². The Hall–Kier alpha value is -4.87. The monoisotopic (exact) mass is 698 g/mol. The van der Waals surface area contributed by atoms with Gasteiger partial charge in [0.05, 0.1) is 45.1 Å². The zero-order valence-corrected chi connectivity index (χ0v) is 30.2. The Morgan fingerprint density at radius 3 is 2.02 bits per heavy atom. The minimum absolute atomic E-state index is 0.0401. The van der Waals surface area contributed by atoms with Crippen LogP contribution in [0.3, 0.4) is 0 Å². The summed E-state index contributed by atoms with van der Waals surface area (Å²) in [6.07, 6.45) is 10.0. The topological polar surface area (TPSA) is 156 Å². The van der Waals surface area contributed by atoms with E-state index < -0.39 is 28.2 Å². The number of aromatic amines is 1. The summed E-state index contributed by atoms with van der Waals surface area (Å²) in [5, 5.41) is 14.7. The molecule has 1 aromatic carbocycles. The second-order valence-corrected chi connectivity index (χ2v) is 14.0. The minimum atomic E-state index is -0.694. The molecule has 0 saturated carbocycles. The number of benzene rings is 1. The van der Waals surface area contributed by atoms with Crippen LogP contribution in [0.15, 0.2) is 54.0 Å². The fraction of sp³-hybridized carbons (Fsp3) is 0.513. The first kappa shape index (κ1) is 35.9. The van der Waals surface area contributed by atoms with Crippen LogP contribution < -0.4 is 27.8 Å². The molecule has 12 heteroatoms. The summed E-state index contributed by atoms with van der Waals surface area (Å²) in [5.74, 6) is -1.18. The molecule has 2 N–H and O–H groups in total. The molecule has 0 saturated heterocycles. The zero-order valence-electron chi connectivity index (χ0n) is 30.2. The first-order valence-corrected chi connectivity index (χ1v) is 18.5. The number of aryl methyl sites for hydroxylation is 2. The predicted molar refractivity (Wildman–Crippen MR) is 199 cm³/mol. The van der Waals surface area contributed by atoms with E-state index in [1.54, 1.807) is 6.92 Å². The number of fused-ring (bicyclic) bond motifs is 2. The third-order valence-electron chi connectivity index (χ3n) is 11.0. The number of unbranched alkanes of at least 4 members (excludes halogenated alkanes) is 2. The molecule has 0 fully saturated rings. The van der Waals surface area contributed by atoms with Crippen molar-refractivity contribution in [2.45, 2.75) is 105 Å². The maximum Gasteiger partial charge on any atom is 0.274 e. The number of Topliss-reactive ketones (excluding diaryl/α,β-unsaturated/α-hetero) is 1. The number of carbonyl (C=O) groups excluding carboxylic acids is 1. The molecule has 6 rings (SSSR count). The molecule has 0 amide bonds. The number of hydrogen-bond acceptors (Lipinski definition) is 7. The highest BCUT2D eigenvalue weighted by Gasteiger charge is 2.46. The number of likely N-dealkylation sites (N-methyl/N-ethyl adjacent to an activating group) is 1. The quantitative estimate of drug-likeness (QED) is 0.187. The Morgan fingerprint density at radius 2 is 1.49 bits per heavy atom. The van der Waals surface area contributed by atoms with Crippen molar-refractivity contribution >= 4 is 38.6 Å². The van der Waals surface area contributed by atoms with Crippen LogP contribution in [0.2, 0.25) is 0 Å². The zero-order chi connectivity index (χ0) is 36.7. The minimum Gasteiger partial charge on any atom is -0.511 e. The fourth-order valence-electron chi connectivity index (χ4n) is 8.03. The van der Waals surface area contributed by atoms with Gasteiger partial charge in [-0.25, -0.2) is 4.58 Å². The average molecular weight is 699 g/mol. The van der Waals surface area contributed by atoms with Crippen molar-refractivity contribution in [3.8, 4) is 0 Å². The summed E-state index contributed by atoms with van der Waals surface area (Å²) in [6.45, 7) is 11.4. The lowest BCUT2D eigenvalue weighted by molar-refractivity contribution is -0.526. The summed E-state index contributed by atoms with van der Waals surface area (Å²) in [4.78, 5) is 80.1. The van der Waals surface area contributed by atoms with Crippen LogP contribution in [-0.4, -0.2) is 53.2 Å². The van der Waals surface area contributed by atoms with Crippen molar-refractivity contribution in [1.29, 1.82) is 0 Å². The molecule has 0 spiro atoms. The standard InChI is InChI=1S/C39H47N5O7/c1-6-10-12-24(8-3)44-37(49)28-20-26-27(21-29(28)38(44)50)36(48)42(35(26)47)19-18-41(9-4)25-15-13-23(14-16-25)31-33(45)32(34(31)46)30-22(5)40-43(39(30)51)17-11-7-2/h13,15,20-21,23-24,31H,6-12,14,16-19H2,1-5H3,(H-,40,45,46,47,48,49,50,51)/p+1. The molecular weight excluding hydrogens is 650 g/mol. The van der Waals surface area contributed by atoms with Crippen molar-refractivity contribution in [1.82, 2.24) is 18.9 Å². The molecule has 3 aromatic heterocycles. The summed E-state index contributed by atoms with van der Waals surface area (Å²) in [5.41, 5.74) is -0.157. The van der Waals surface area contributed by atoms with Gasteiger partial charge in [0.2, 0.25) is 0 Å². The summed E-state index contributed by atoms with van der Waals surface area (Å²) < 4.78 is 6.05. The van der Waals surface area contributed by atoms with E-state index in [4.69, 9.17) is 0 Å². The Balaban J connectivity index is 1.22. The molecule has 3 atom stereocenters. The van der Waals surface area contributed by atoms with E-state index in [-0.39, 0.29) is 68.3 Å². The number of carbonyl (C=O) groups is 1. The lowest BCUT2D eigenvalue weighted by Gasteiger charge is -2.33. The predicted octanol–water partition coefficient (Wildman–Crippen LogP) is 4.26. The Kier molecular flexibility index (Phi) is 10.1. The van der Waals surface area contributed by atoms with Crippen LogP contribution >= 0.6 is 0 Å². The van der Waals surface area contributed by atoms with Gasteiger partial charge in [-0.2, -0.15) is 0 Å². The lowest BCUT2D eigenvalue weighted by Crippen LogP contribution is -2.39. The smallest absolute Gasteiger partial charge is 0.274 e. The molecule has 3 unspecified atom stereocenters. The van der Waals surface area contributed by atoms with Gasteiger partial charge in [-0.15, -0.1) is 0 Å². The average Bonchev–Trinajstić information content (AvgIpc) is 3.64. The number of nitrogens with zero attached hydrogens (tertiary/aromatic N) is 4. The Labute approximate surface area is 294 Å². The third kappa shape index (κ3) is 6.02. The number of aromatic nitrogens is 4. The van der Waals surface area contributed by atoms with Gasteiger partial charge < -0.3 is 5.11 Å². The largest absolute Gasteiger partial charge is 0.511 e. The third-order valence-corrected chi connectivity index (χ3v) is 11.0. The highest BCUT2D eigenvalue weighted by atomic mass is 16.3. The van der Waals surface area contributed by atoms with Gasteiger partial charge in [-0.05, 0) is 57.6 Å². The lowest BCUT2D eigenvalue weighted by atomic mass is 9.69. The summed E-state index contributed by atoms with van der Waals surface area (Å²) >= 11 is 0. The van der Waals surface area contributed by atoms with E-state index >= 15 is 0 Å². The highest BCUT2D eigenvalue weighted by Crippen LogP contribution is 2.43. The molecule has 4 aromatic rings. The second kappa shape index (κ2) is 14.4. The highest BCUT2D eigenvalue weighted by molar-refractivity contribution is 6.30. The van der Waals surface area contributed by atoms with Crippen LogP contribution in [0.5, 0.6) is 0 Å². The summed E-state index contributed by atoms with van der Waals surface area (Å²) in [7, 11) is 0. The fourth-order valence-corrected chi connectivity index (χ4v) is 8.03. The molecule has 51 heavy (non-hydrogen) atoms. The number of H-pyrrole nitrogens is 1. The van der Waals surface area contributed by atoms with Gasteiger partial charge in [0, 0.05) is 30.8 Å². The molecule has 3 heterocycles. The number of aliphatic hydroxyl groups excluding tert-OH is 1. The molecule has 2 aliphatic rings. The van der Waals surface area contributed by atoms with Crippen molar-refractivity contribution in [3.63, 3.8) is 0 Å². The molecule has 0 aliphatic heterocycles. The van der Waals surface area contributed by atoms with Crippen molar-refractivity contribution in [2.75, 3.05) is 13.1 Å². The number of ketones is 1. The molecule has 0 bridgehead atoms. The maximum absolute atomic E-state index is 13.5. The Bertz CT molecular complexity index is 2310. The molecule has 2 aliphatic carbocycles. The van der Waals surface area contributed by atoms with E-state index in [2.05, 4.69) is 16.6 Å². The van der Waals surface area contributed by atoms with Crippen LogP contribution in [0, 0.1) is 18.8 Å². The normalized spacial score (nSPS) is 19.4. The molecule has 12 nitrogen and oxygen atoms in total. The van der Waals surface area contributed by atoms with Crippen LogP contribution in [0.25, 0.3) is 27.1 Å². The van der Waals surface area contributed by atoms with Crippen molar-refractivity contribution in [3.05, 3.63) is 93.1 Å². The van der Waals surface area contributed by atoms with Crippen LogP contribution in [0.1, 0.15) is 96.4 Å². The molecular formula is C39H48N5O7+. The van der Waals surface area contributed by atoms with Gasteiger partial charge >= 0.3 is 0 Å². The molecule has 0 radical (unpaired) electrons. The van der Waals surface area contributed by atoms with Gasteiger partial charge in [-0.1, -0.05) is 46.1 Å². The van der Waals surface area contributed by atoms with Crippen LogP contribution in [-0.2, 0) is 17.9 Å². The van der Waals surface area contributed by atoms with E-state index in [0.717, 1.165) is 31.4 Å². The first-order chi connectivity index (χ1) is 24.5. The van der Waals surface area contributed by atoms with Gasteiger partial charge in [-0.3, -0.25) is 47.7 Å². The maximum atomic E-state index is 13.5. The number of nitrogens with one attached hydrogen (secondary N) is 1. The Morgan fingerprint density at radius 1 is 0.863 bits per heavy atom. The van der Waals surface area contributed by atoms with Gasteiger partial charge in [0.25, 0.3) is 27.8 Å². The van der Waals surface area contributed by atoms with Crippen LogP contribution in [0.4, 0.5) is 0 Å². The number of allylic oxidation sites excluding steroid dienone is 4. The van der Waals surface area contributed by atoms with Gasteiger partial charge in [0.15, 0.2) is 18.0 Å². The van der Waals surface area contributed by atoms with E-state index in [9.17, 15) is 33.9 Å². The number of aliphatic hydroxyl groups is 1. The van der Waals surface area contributed by atoms with E-state index in [0.29, 0.717) is 51.0 Å². The molecule has 270 valence electrons. The number of hydrogen-bond donors (Lipinski definition) is 2. The van der Waals surface area contributed by atoms with E-state index in [1.807, 2.05) is 32.9 Å². The number of rotatable bonds is 14. The second-order valence-electron chi connectivity index (χ2n) is 14.0. The summed E-state index contributed by atoms with van der Waals surface area (Å²) in [6, 6.07) is 2.61. The first-order valence-electron chi connectivity index (χ1n) is 18.5. The van der Waals surface area contributed by atoms with E-state index in [1.165, 1.54) is 25.9 Å². The van der Waals surface area contributed by atoms with Crippen molar-refractivity contribution < 1.29 is 14.5 Å². The van der Waals surface area contributed by atoms with Crippen molar-refractivity contribution in [2.24, 2.45) is 11.8 Å².